The van der Waals surface area contributed by atoms with Crippen LogP contribution in [0.2, 0.25) is 0 Å². The van der Waals surface area contributed by atoms with Crippen molar-refractivity contribution in [1.29, 1.82) is 0 Å². The normalized spacial score (nSPS) is 12.4. The van der Waals surface area contributed by atoms with E-state index in [1.54, 1.807) is 10.9 Å². The molecule has 0 aromatic carbocycles. The van der Waals surface area contributed by atoms with Crippen molar-refractivity contribution in [2.45, 2.75) is 25.8 Å². The zero-order valence-electron chi connectivity index (χ0n) is 11.4. The molecule has 5 heteroatoms. The summed E-state index contributed by atoms with van der Waals surface area (Å²) in [7, 11) is 1.91. The van der Waals surface area contributed by atoms with Crippen molar-refractivity contribution in [3.05, 3.63) is 42.0 Å². The highest BCUT2D eigenvalue weighted by molar-refractivity contribution is 5.20. The zero-order chi connectivity index (χ0) is 13.7. The van der Waals surface area contributed by atoms with Crippen LogP contribution in [0.3, 0.4) is 0 Å². The Hall–Kier alpha value is -1.88. The summed E-state index contributed by atoms with van der Waals surface area (Å²) < 4.78 is 7.44. The molecule has 2 heterocycles. The molecule has 2 rings (SSSR count). The summed E-state index contributed by atoms with van der Waals surface area (Å²) in [4.78, 5) is 4.33. The lowest BCUT2D eigenvalue weighted by Crippen LogP contribution is -2.18. The number of pyridine rings is 1. The van der Waals surface area contributed by atoms with Crippen LogP contribution in [-0.4, -0.2) is 27.4 Å². The van der Waals surface area contributed by atoms with Crippen molar-refractivity contribution in [3.8, 4) is 5.75 Å². The number of rotatable bonds is 6. The topological polar surface area (TPSA) is 66.0 Å². The molecule has 0 radical (unpaired) electrons. The Morgan fingerprint density at radius 1 is 1.37 bits per heavy atom. The van der Waals surface area contributed by atoms with Gasteiger partial charge in [0.25, 0.3) is 0 Å². The quantitative estimate of drug-likeness (QED) is 0.851. The van der Waals surface area contributed by atoms with Gasteiger partial charge in [0, 0.05) is 37.8 Å². The van der Waals surface area contributed by atoms with E-state index in [0.29, 0.717) is 6.61 Å². The summed E-state index contributed by atoms with van der Waals surface area (Å²) in [6.07, 6.45) is 7.23. The predicted octanol–water partition coefficient (Wildman–Crippen LogP) is 1.33. The van der Waals surface area contributed by atoms with Gasteiger partial charge in [0.1, 0.15) is 5.75 Å². The number of aryl methyl sites for hydroxylation is 1. The molecule has 1 atom stereocenters. The molecule has 0 aliphatic heterocycles. The minimum atomic E-state index is 0.129. The van der Waals surface area contributed by atoms with Gasteiger partial charge in [-0.1, -0.05) is 0 Å². The summed E-state index contributed by atoms with van der Waals surface area (Å²) in [5.41, 5.74) is 7.90. The third kappa shape index (κ3) is 4.37. The van der Waals surface area contributed by atoms with E-state index >= 15 is 0 Å². The van der Waals surface area contributed by atoms with Gasteiger partial charge in [0.2, 0.25) is 0 Å². The summed E-state index contributed by atoms with van der Waals surface area (Å²) in [6.45, 7) is 2.60. The van der Waals surface area contributed by atoms with E-state index in [2.05, 4.69) is 10.1 Å². The number of aromatic nitrogens is 3. The standard InChI is InChI=1S/C14H20N4O/c1-11(15)7-13-3-4-14(9-16-13)19-6-5-12-8-17-18(2)10-12/h3-4,8-11H,5-7,15H2,1-2H3. The van der Waals surface area contributed by atoms with E-state index in [4.69, 9.17) is 10.5 Å². The molecule has 0 saturated heterocycles. The number of ether oxygens (including phenoxy) is 1. The largest absolute Gasteiger partial charge is 0.492 e. The first-order chi connectivity index (χ1) is 9.13. The second-order valence-electron chi connectivity index (χ2n) is 4.79. The number of hydrogen-bond acceptors (Lipinski definition) is 4. The van der Waals surface area contributed by atoms with Gasteiger partial charge >= 0.3 is 0 Å². The van der Waals surface area contributed by atoms with Crippen molar-refractivity contribution in [1.82, 2.24) is 14.8 Å². The first kappa shape index (κ1) is 13.5. The Morgan fingerprint density at radius 3 is 2.79 bits per heavy atom. The van der Waals surface area contributed by atoms with Gasteiger partial charge in [0.15, 0.2) is 0 Å². The average Bonchev–Trinajstić information content (AvgIpc) is 2.77. The molecule has 102 valence electrons. The van der Waals surface area contributed by atoms with Gasteiger partial charge in [-0.3, -0.25) is 9.67 Å². The fourth-order valence-electron chi connectivity index (χ4n) is 1.83. The van der Waals surface area contributed by atoms with Crippen LogP contribution in [-0.2, 0) is 19.9 Å². The highest BCUT2D eigenvalue weighted by atomic mass is 16.5. The molecule has 0 bridgehead atoms. The molecule has 0 aliphatic rings. The van der Waals surface area contributed by atoms with Gasteiger partial charge in [-0.05, 0) is 24.6 Å². The third-order valence-corrected chi connectivity index (χ3v) is 2.75. The molecule has 1 unspecified atom stereocenters. The summed E-state index contributed by atoms with van der Waals surface area (Å²) in [6, 6.07) is 4.03. The third-order valence-electron chi connectivity index (χ3n) is 2.75. The highest BCUT2D eigenvalue weighted by Crippen LogP contribution is 2.10. The molecule has 0 aliphatic carbocycles. The molecule has 2 aromatic rings. The molecule has 2 aromatic heterocycles. The lowest BCUT2D eigenvalue weighted by Gasteiger charge is -2.07. The average molecular weight is 260 g/mol. The van der Waals surface area contributed by atoms with E-state index in [0.717, 1.165) is 24.3 Å². The number of hydrogen-bond donors (Lipinski definition) is 1. The van der Waals surface area contributed by atoms with Gasteiger partial charge < -0.3 is 10.5 Å². The van der Waals surface area contributed by atoms with Crippen molar-refractivity contribution in [2.75, 3.05) is 6.61 Å². The van der Waals surface area contributed by atoms with E-state index in [-0.39, 0.29) is 6.04 Å². The van der Waals surface area contributed by atoms with E-state index < -0.39 is 0 Å². The zero-order valence-corrected chi connectivity index (χ0v) is 11.4. The van der Waals surface area contributed by atoms with Crippen molar-refractivity contribution < 1.29 is 4.74 Å². The number of nitrogens with zero attached hydrogens (tertiary/aromatic N) is 3. The first-order valence-corrected chi connectivity index (χ1v) is 6.44. The molecule has 5 nitrogen and oxygen atoms in total. The fourth-order valence-corrected chi connectivity index (χ4v) is 1.83. The van der Waals surface area contributed by atoms with Crippen LogP contribution in [0, 0.1) is 0 Å². The Labute approximate surface area is 113 Å². The van der Waals surface area contributed by atoms with Crippen molar-refractivity contribution in [3.63, 3.8) is 0 Å². The maximum Gasteiger partial charge on any atom is 0.137 e. The predicted molar refractivity (Wildman–Crippen MR) is 74.0 cm³/mol. The van der Waals surface area contributed by atoms with E-state index in [1.807, 2.05) is 38.5 Å². The second kappa shape index (κ2) is 6.33. The Balaban J connectivity index is 1.79. The molecule has 0 spiro atoms. The van der Waals surface area contributed by atoms with Gasteiger partial charge in [-0.25, -0.2) is 0 Å². The van der Waals surface area contributed by atoms with Crippen LogP contribution >= 0.6 is 0 Å². The van der Waals surface area contributed by atoms with Crippen LogP contribution in [0.5, 0.6) is 5.75 Å². The minimum absolute atomic E-state index is 0.129. The van der Waals surface area contributed by atoms with Gasteiger partial charge in [0.05, 0.1) is 19.0 Å². The second-order valence-corrected chi connectivity index (χ2v) is 4.79. The van der Waals surface area contributed by atoms with Crippen molar-refractivity contribution in [2.24, 2.45) is 12.8 Å². The van der Waals surface area contributed by atoms with Crippen LogP contribution in [0.1, 0.15) is 18.2 Å². The molecule has 0 amide bonds. The van der Waals surface area contributed by atoms with Gasteiger partial charge in [-0.2, -0.15) is 5.10 Å². The highest BCUT2D eigenvalue weighted by Gasteiger charge is 2.01. The van der Waals surface area contributed by atoms with Crippen molar-refractivity contribution >= 4 is 0 Å². The molecule has 0 fully saturated rings. The lowest BCUT2D eigenvalue weighted by molar-refractivity contribution is 0.320. The monoisotopic (exact) mass is 260 g/mol. The SMILES string of the molecule is CC(N)Cc1ccc(OCCc2cnn(C)c2)cn1. The molecule has 19 heavy (non-hydrogen) atoms. The Bertz CT molecular complexity index is 504. The maximum atomic E-state index is 5.73. The molecule has 0 saturated carbocycles. The van der Waals surface area contributed by atoms with Crippen LogP contribution < -0.4 is 10.5 Å². The summed E-state index contributed by atoms with van der Waals surface area (Å²) in [5, 5.41) is 4.12. The van der Waals surface area contributed by atoms with Crippen LogP contribution in [0.4, 0.5) is 0 Å². The Morgan fingerprint density at radius 2 is 2.21 bits per heavy atom. The van der Waals surface area contributed by atoms with Crippen LogP contribution in [0.25, 0.3) is 0 Å². The van der Waals surface area contributed by atoms with E-state index in [9.17, 15) is 0 Å². The minimum Gasteiger partial charge on any atom is -0.492 e. The molecular formula is C14H20N4O. The molecular weight excluding hydrogens is 240 g/mol. The fraction of sp³-hybridized carbons (Fsp3) is 0.429. The molecule has 2 N–H and O–H groups in total. The maximum absolute atomic E-state index is 5.73. The summed E-state index contributed by atoms with van der Waals surface area (Å²) in [5.74, 6) is 0.789. The van der Waals surface area contributed by atoms with Gasteiger partial charge in [-0.15, -0.1) is 0 Å². The Kier molecular flexibility index (Phi) is 4.52. The lowest BCUT2D eigenvalue weighted by atomic mass is 10.2. The first-order valence-electron chi connectivity index (χ1n) is 6.44. The summed E-state index contributed by atoms with van der Waals surface area (Å²) >= 11 is 0. The van der Waals surface area contributed by atoms with E-state index in [1.165, 1.54) is 5.56 Å². The smallest absolute Gasteiger partial charge is 0.137 e. The number of nitrogens with two attached hydrogens (primary N) is 1. The van der Waals surface area contributed by atoms with Crippen LogP contribution in [0.15, 0.2) is 30.7 Å².